The van der Waals surface area contributed by atoms with Crippen LogP contribution < -0.4 is 21.7 Å². The summed E-state index contributed by atoms with van der Waals surface area (Å²) in [5, 5.41) is 0. The van der Waals surface area contributed by atoms with Gasteiger partial charge < -0.3 is 15.9 Å². The fourth-order valence-corrected chi connectivity index (χ4v) is 1.55. The molecule has 1 aromatic carbocycles. The van der Waals surface area contributed by atoms with Crippen molar-refractivity contribution in [2.45, 2.75) is 6.61 Å². The Morgan fingerprint density at radius 2 is 2.05 bits per heavy atom. The fourth-order valence-electron chi connectivity index (χ4n) is 1.55. The van der Waals surface area contributed by atoms with Gasteiger partial charge in [-0.05, 0) is 18.2 Å². The number of nitrogens with zero attached hydrogens (tertiary/aromatic N) is 1. The number of nitrogens with one attached hydrogen (secondary N) is 1. The highest BCUT2D eigenvalue weighted by Crippen LogP contribution is 2.18. The third-order valence-electron chi connectivity index (χ3n) is 2.52. The smallest absolute Gasteiger partial charge is 0.252 e. The zero-order chi connectivity index (χ0) is 13.7. The predicted molar refractivity (Wildman–Crippen MR) is 71.3 cm³/mol. The zero-order valence-electron chi connectivity index (χ0n) is 10.2. The normalized spacial score (nSPS) is 9.95. The van der Waals surface area contributed by atoms with Crippen LogP contribution in [0.2, 0.25) is 0 Å². The van der Waals surface area contributed by atoms with E-state index in [0.717, 1.165) is 5.56 Å². The van der Waals surface area contributed by atoms with Gasteiger partial charge in [-0.25, -0.2) is 10.8 Å². The number of hydrogen-bond acceptors (Lipinski definition) is 5. The summed E-state index contributed by atoms with van der Waals surface area (Å²) in [5.74, 6) is 5.73. The Hall–Kier alpha value is -2.60. The van der Waals surface area contributed by atoms with E-state index in [4.69, 9.17) is 16.3 Å². The minimum Gasteiger partial charge on any atom is -0.488 e. The first-order valence-electron chi connectivity index (χ1n) is 5.64. The summed E-state index contributed by atoms with van der Waals surface area (Å²) in [4.78, 5) is 15.3. The molecule has 1 aromatic heterocycles. The Balaban J connectivity index is 2.07. The minimum atomic E-state index is -0.517. The molecule has 0 atom stereocenters. The van der Waals surface area contributed by atoms with Crippen LogP contribution in [0.3, 0.4) is 0 Å². The number of benzene rings is 1. The lowest BCUT2D eigenvalue weighted by atomic mass is 10.2. The van der Waals surface area contributed by atoms with E-state index in [9.17, 15) is 4.79 Å². The van der Waals surface area contributed by atoms with Gasteiger partial charge in [-0.15, -0.1) is 0 Å². The summed E-state index contributed by atoms with van der Waals surface area (Å²) >= 11 is 0. The Bertz CT molecular complexity index is 569. The summed E-state index contributed by atoms with van der Waals surface area (Å²) in [7, 11) is 0. The number of nitrogen functional groups attached to an aromatic ring is 1. The number of primary amides is 1. The molecule has 6 nitrogen and oxygen atoms in total. The highest BCUT2D eigenvalue weighted by Gasteiger charge is 2.08. The molecule has 0 saturated carbocycles. The summed E-state index contributed by atoms with van der Waals surface area (Å²) in [6, 6.07) is 10.4. The van der Waals surface area contributed by atoms with Gasteiger partial charge >= 0.3 is 0 Å². The topological polar surface area (TPSA) is 103 Å². The van der Waals surface area contributed by atoms with Gasteiger partial charge in [0.25, 0.3) is 5.91 Å². The van der Waals surface area contributed by atoms with E-state index in [0.29, 0.717) is 23.7 Å². The molecule has 0 spiro atoms. The van der Waals surface area contributed by atoms with Crippen LogP contribution in [0.25, 0.3) is 0 Å². The highest BCUT2D eigenvalue weighted by molar-refractivity contribution is 5.95. The van der Waals surface area contributed by atoms with Gasteiger partial charge in [0.1, 0.15) is 18.2 Å². The van der Waals surface area contributed by atoms with Crippen molar-refractivity contribution in [1.82, 2.24) is 4.98 Å². The number of carbonyl (C=O) groups is 1. The summed E-state index contributed by atoms with van der Waals surface area (Å²) in [5.41, 5.74) is 8.92. The number of hydrazine groups is 1. The zero-order valence-corrected chi connectivity index (χ0v) is 10.2. The number of rotatable bonds is 5. The molecule has 1 heterocycles. The first kappa shape index (κ1) is 12.8. The van der Waals surface area contributed by atoms with Crippen molar-refractivity contribution in [3.8, 4) is 5.75 Å². The van der Waals surface area contributed by atoms with E-state index < -0.39 is 5.91 Å². The number of anilines is 1. The van der Waals surface area contributed by atoms with E-state index in [1.165, 1.54) is 0 Å². The third kappa shape index (κ3) is 3.20. The van der Waals surface area contributed by atoms with Crippen LogP contribution in [0.15, 0.2) is 42.6 Å². The summed E-state index contributed by atoms with van der Waals surface area (Å²) < 4.78 is 5.57. The standard InChI is InChI=1S/C13H14N4O2/c14-13(18)10-3-1-2-4-11(10)19-8-9-5-6-12(17-15)16-7-9/h1-7H,8,15H2,(H2,14,18)(H,16,17). The monoisotopic (exact) mass is 258 g/mol. The SMILES string of the molecule is NNc1ccc(COc2ccccc2C(N)=O)cn1. The fraction of sp³-hybridized carbons (Fsp3) is 0.0769. The molecule has 2 aromatic rings. The molecular weight excluding hydrogens is 244 g/mol. The van der Waals surface area contributed by atoms with E-state index in [-0.39, 0.29) is 0 Å². The second-order valence-corrected chi connectivity index (χ2v) is 3.85. The molecule has 0 unspecified atom stereocenters. The Labute approximate surface area is 110 Å². The minimum absolute atomic E-state index is 0.294. The van der Waals surface area contributed by atoms with Crippen molar-refractivity contribution in [1.29, 1.82) is 0 Å². The van der Waals surface area contributed by atoms with E-state index in [1.54, 1.807) is 36.5 Å². The van der Waals surface area contributed by atoms with Crippen LogP contribution in [0.5, 0.6) is 5.75 Å². The molecule has 0 saturated heterocycles. The summed E-state index contributed by atoms with van der Waals surface area (Å²) in [6.45, 7) is 0.294. The maximum atomic E-state index is 11.2. The maximum Gasteiger partial charge on any atom is 0.252 e. The van der Waals surface area contributed by atoms with Crippen LogP contribution in [0.4, 0.5) is 5.82 Å². The molecule has 19 heavy (non-hydrogen) atoms. The molecule has 98 valence electrons. The van der Waals surface area contributed by atoms with Crippen molar-refractivity contribution in [3.05, 3.63) is 53.7 Å². The molecule has 5 N–H and O–H groups in total. The van der Waals surface area contributed by atoms with Crippen molar-refractivity contribution in [2.24, 2.45) is 11.6 Å². The average Bonchev–Trinajstić information content (AvgIpc) is 2.46. The first-order chi connectivity index (χ1) is 9.20. The number of hydrogen-bond donors (Lipinski definition) is 3. The van der Waals surface area contributed by atoms with Crippen LogP contribution in [-0.2, 0) is 6.61 Å². The highest BCUT2D eigenvalue weighted by atomic mass is 16.5. The van der Waals surface area contributed by atoms with Crippen molar-refractivity contribution < 1.29 is 9.53 Å². The number of carbonyl (C=O) groups excluding carboxylic acids is 1. The van der Waals surface area contributed by atoms with Gasteiger partial charge in [0.2, 0.25) is 0 Å². The number of para-hydroxylation sites is 1. The first-order valence-corrected chi connectivity index (χ1v) is 5.64. The van der Waals surface area contributed by atoms with Crippen molar-refractivity contribution in [2.75, 3.05) is 5.43 Å². The van der Waals surface area contributed by atoms with Gasteiger partial charge in [-0.1, -0.05) is 18.2 Å². The molecule has 0 fully saturated rings. The Kier molecular flexibility index (Phi) is 3.94. The molecule has 0 bridgehead atoms. The lowest BCUT2D eigenvalue weighted by Crippen LogP contribution is -2.13. The third-order valence-corrected chi connectivity index (χ3v) is 2.52. The van der Waals surface area contributed by atoms with Gasteiger partial charge in [0.15, 0.2) is 0 Å². The average molecular weight is 258 g/mol. The molecule has 1 amide bonds. The van der Waals surface area contributed by atoms with Gasteiger partial charge in [0, 0.05) is 11.8 Å². The number of amides is 1. The van der Waals surface area contributed by atoms with Crippen molar-refractivity contribution >= 4 is 11.7 Å². The van der Waals surface area contributed by atoms with Crippen LogP contribution in [0.1, 0.15) is 15.9 Å². The number of aromatic nitrogens is 1. The quantitative estimate of drug-likeness (QED) is 0.549. The van der Waals surface area contributed by atoms with E-state index in [1.807, 2.05) is 6.07 Å². The summed E-state index contributed by atoms with van der Waals surface area (Å²) in [6.07, 6.45) is 1.64. The predicted octanol–water partition coefficient (Wildman–Crippen LogP) is 1.05. The Morgan fingerprint density at radius 1 is 1.26 bits per heavy atom. The second kappa shape index (κ2) is 5.83. The number of pyridine rings is 1. The van der Waals surface area contributed by atoms with E-state index in [2.05, 4.69) is 10.4 Å². The molecule has 0 aliphatic rings. The molecule has 0 aliphatic heterocycles. The lowest BCUT2D eigenvalue weighted by Gasteiger charge is -2.09. The molecular formula is C13H14N4O2. The molecule has 0 aliphatic carbocycles. The molecule has 6 heteroatoms. The van der Waals surface area contributed by atoms with Gasteiger partial charge in [-0.2, -0.15) is 0 Å². The van der Waals surface area contributed by atoms with Crippen LogP contribution in [-0.4, -0.2) is 10.9 Å². The molecule has 2 rings (SSSR count). The number of ether oxygens (including phenoxy) is 1. The van der Waals surface area contributed by atoms with Crippen molar-refractivity contribution in [3.63, 3.8) is 0 Å². The lowest BCUT2D eigenvalue weighted by molar-refractivity contribution is 0.0996. The number of nitrogens with two attached hydrogens (primary N) is 2. The Morgan fingerprint density at radius 3 is 2.68 bits per heavy atom. The van der Waals surface area contributed by atoms with E-state index >= 15 is 0 Å². The van der Waals surface area contributed by atoms with Crippen LogP contribution in [0, 0.1) is 0 Å². The van der Waals surface area contributed by atoms with Gasteiger partial charge in [0.05, 0.1) is 5.56 Å². The van der Waals surface area contributed by atoms with Crippen LogP contribution >= 0.6 is 0 Å². The second-order valence-electron chi connectivity index (χ2n) is 3.85. The van der Waals surface area contributed by atoms with Gasteiger partial charge in [-0.3, -0.25) is 4.79 Å². The largest absolute Gasteiger partial charge is 0.488 e. The molecule has 0 radical (unpaired) electrons. The maximum absolute atomic E-state index is 11.2.